The van der Waals surface area contributed by atoms with E-state index < -0.39 is 0 Å². The van der Waals surface area contributed by atoms with Gasteiger partial charge < -0.3 is 15.6 Å². The Kier molecular flexibility index (Phi) is 3.50. The van der Waals surface area contributed by atoms with Gasteiger partial charge in [0.2, 0.25) is 0 Å². The molecule has 0 aliphatic rings. The van der Waals surface area contributed by atoms with Crippen LogP contribution in [0.2, 0.25) is 0 Å². The number of amides is 1. The number of nitrogens with zero attached hydrogens (tertiary/aromatic N) is 5. The largest absolute Gasteiger partial charge is 0.395 e. The Morgan fingerprint density at radius 3 is 2.74 bits per heavy atom. The van der Waals surface area contributed by atoms with Crippen LogP contribution in [0.25, 0.3) is 0 Å². The smallest absolute Gasteiger partial charge is 0.272 e. The summed E-state index contributed by atoms with van der Waals surface area (Å²) in [6, 6.07) is 0. The van der Waals surface area contributed by atoms with E-state index in [0.717, 1.165) is 5.69 Å². The molecule has 102 valence electrons. The van der Waals surface area contributed by atoms with Gasteiger partial charge in [0.05, 0.1) is 17.9 Å². The fourth-order valence-electron chi connectivity index (χ4n) is 1.84. The lowest BCUT2D eigenvalue weighted by Gasteiger charge is -2.05. The van der Waals surface area contributed by atoms with Gasteiger partial charge in [-0.2, -0.15) is 5.10 Å². The number of anilines is 1. The molecule has 0 aromatic carbocycles. The Balaban J connectivity index is 2.12. The van der Waals surface area contributed by atoms with Crippen molar-refractivity contribution < 1.29 is 4.79 Å². The molecule has 2 aromatic heterocycles. The second kappa shape index (κ2) is 5.09. The molecule has 0 aliphatic carbocycles. The van der Waals surface area contributed by atoms with E-state index in [4.69, 9.17) is 5.73 Å². The zero-order chi connectivity index (χ0) is 14.0. The van der Waals surface area contributed by atoms with Crippen molar-refractivity contribution in [3.05, 3.63) is 23.5 Å². The summed E-state index contributed by atoms with van der Waals surface area (Å²) in [4.78, 5) is 12.1. The number of nitrogens with one attached hydrogen (secondary N) is 1. The average Bonchev–Trinajstić information content (AvgIpc) is 2.90. The fourth-order valence-corrected chi connectivity index (χ4v) is 1.84. The van der Waals surface area contributed by atoms with Crippen molar-refractivity contribution in [1.82, 2.24) is 29.9 Å². The lowest BCUT2D eigenvalue weighted by Crippen LogP contribution is -2.27. The van der Waals surface area contributed by atoms with Gasteiger partial charge >= 0.3 is 0 Å². The highest BCUT2D eigenvalue weighted by atomic mass is 16.2. The molecule has 0 bridgehead atoms. The number of hydrogen-bond donors (Lipinski definition) is 2. The van der Waals surface area contributed by atoms with Gasteiger partial charge in [0.25, 0.3) is 5.91 Å². The quantitative estimate of drug-likeness (QED) is 0.782. The van der Waals surface area contributed by atoms with Crippen LogP contribution in [0.15, 0.2) is 6.33 Å². The minimum absolute atomic E-state index is 0.268. The molecule has 2 heterocycles. The molecule has 3 N–H and O–H groups in total. The number of aromatic nitrogens is 5. The Hall–Kier alpha value is -2.38. The number of carbonyl (C=O) groups excluding carboxylic acids is 1. The first-order valence-corrected chi connectivity index (χ1v) is 5.97. The highest BCUT2D eigenvalue weighted by Crippen LogP contribution is 2.16. The summed E-state index contributed by atoms with van der Waals surface area (Å²) in [5.41, 5.74) is 7.45. The number of hydrogen-bond acceptors (Lipinski definition) is 5. The number of nitrogens with two attached hydrogens (primary N) is 1. The fraction of sp³-hybridized carbons (Fsp3) is 0.455. The molecule has 8 nitrogen and oxygen atoms in total. The number of aryl methyl sites for hydroxylation is 3. The summed E-state index contributed by atoms with van der Waals surface area (Å²) in [6.07, 6.45) is 2.27. The lowest BCUT2D eigenvalue weighted by molar-refractivity contribution is 0.0941. The van der Waals surface area contributed by atoms with Gasteiger partial charge in [0, 0.05) is 14.1 Å². The number of rotatable bonds is 4. The van der Waals surface area contributed by atoms with Crippen LogP contribution in [-0.4, -0.2) is 30.5 Å². The van der Waals surface area contributed by atoms with Gasteiger partial charge in [-0.1, -0.05) is 6.92 Å². The van der Waals surface area contributed by atoms with Crippen molar-refractivity contribution in [3.63, 3.8) is 0 Å². The third kappa shape index (κ3) is 2.42. The predicted octanol–water partition coefficient (Wildman–Crippen LogP) is -0.377. The van der Waals surface area contributed by atoms with Crippen molar-refractivity contribution >= 4 is 11.6 Å². The maximum absolute atomic E-state index is 12.1. The van der Waals surface area contributed by atoms with Gasteiger partial charge in [-0.05, 0) is 6.42 Å². The maximum Gasteiger partial charge on any atom is 0.272 e. The molecule has 1 amide bonds. The molecule has 8 heteroatoms. The van der Waals surface area contributed by atoms with E-state index in [0.29, 0.717) is 30.2 Å². The molecule has 0 fully saturated rings. The molecule has 0 radical (unpaired) electrons. The van der Waals surface area contributed by atoms with Crippen LogP contribution in [0.1, 0.15) is 28.9 Å². The van der Waals surface area contributed by atoms with Crippen molar-refractivity contribution in [1.29, 1.82) is 0 Å². The van der Waals surface area contributed by atoms with Crippen LogP contribution in [0.4, 0.5) is 5.69 Å². The Morgan fingerprint density at radius 1 is 1.47 bits per heavy atom. The first-order valence-electron chi connectivity index (χ1n) is 5.97. The minimum atomic E-state index is -0.268. The van der Waals surface area contributed by atoms with Gasteiger partial charge in [-0.25, -0.2) is 0 Å². The van der Waals surface area contributed by atoms with E-state index in [2.05, 4.69) is 20.6 Å². The van der Waals surface area contributed by atoms with Crippen molar-refractivity contribution in [2.45, 2.75) is 19.9 Å². The molecular formula is C11H17N7O. The second-order valence-electron chi connectivity index (χ2n) is 4.23. The van der Waals surface area contributed by atoms with E-state index in [1.807, 2.05) is 14.0 Å². The van der Waals surface area contributed by atoms with Crippen LogP contribution in [0.5, 0.6) is 0 Å². The van der Waals surface area contributed by atoms with Gasteiger partial charge in [0.1, 0.15) is 12.0 Å². The summed E-state index contributed by atoms with van der Waals surface area (Å²) >= 11 is 0. The highest BCUT2D eigenvalue weighted by Gasteiger charge is 2.19. The van der Waals surface area contributed by atoms with E-state index in [1.54, 1.807) is 17.9 Å². The molecule has 19 heavy (non-hydrogen) atoms. The first-order chi connectivity index (χ1) is 9.04. The van der Waals surface area contributed by atoms with Crippen LogP contribution >= 0.6 is 0 Å². The van der Waals surface area contributed by atoms with E-state index in [1.165, 1.54) is 4.68 Å². The zero-order valence-electron chi connectivity index (χ0n) is 11.2. The van der Waals surface area contributed by atoms with Crippen LogP contribution < -0.4 is 11.1 Å². The van der Waals surface area contributed by atoms with E-state index in [-0.39, 0.29) is 5.91 Å². The summed E-state index contributed by atoms with van der Waals surface area (Å²) in [5.74, 6) is 0.403. The van der Waals surface area contributed by atoms with Gasteiger partial charge in [-0.3, -0.25) is 9.48 Å². The molecule has 0 saturated heterocycles. The normalized spacial score (nSPS) is 10.7. The monoisotopic (exact) mass is 263 g/mol. The standard InChI is InChI=1S/C11H17N7O/c1-4-7-9(12)10(18(3)16-7)11(19)13-5-8-15-14-6-17(8)2/h6H,4-5,12H2,1-3H3,(H,13,19). The summed E-state index contributed by atoms with van der Waals surface area (Å²) < 4.78 is 3.24. The minimum Gasteiger partial charge on any atom is -0.395 e. The summed E-state index contributed by atoms with van der Waals surface area (Å²) in [5, 5.41) is 14.6. The van der Waals surface area contributed by atoms with Crippen LogP contribution in [0.3, 0.4) is 0 Å². The summed E-state index contributed by atoms with van der Waals surface area (Å²) in [6.45, 7) is 2.24. The second-order valence-corrected chi connectivity index (χ2v) is 4.23. The van der Waals surface area contributed by atoms with E-state index in [9.17, 15) is 4.79 Å². The third-order valence-corrected chi connectivity index (χ3v) is 2.92. The van der Waals surface area contributed by atoms with Gasteiger partial charge in [-0.15, -0.1) is 10.2 Å². The van der Waals surface area contributed by atoms with Crippen molar-refractivity contribution in [2.24, 2.45) is 14.1 Å². The van der Waals surface area contributed by atoms with Gasteiger partial charge in [0.15, 0.2) is 5.82 Å². The highest BCUT2D eigenvalue weighted by molar-refractivity contribution is 5.97. The molecule has 0 saturated carbocycles. The van der Waals surface area contributed by atoms with Crippen molar-refractivity contribution in [2.75, 3.05) is 5.73 Å². The first kappa shape index (κ1) is 13.1. The Morgan fingerprint density at radius 2 is 2.21 bits per heavy atom. The number of carbonyl (C=O) groups is 1. The molecule has 0 spiro atoms. The Labute approximate surface area is 110 Å². The Bertz CT molecular complexity index is 598. The van der Waals surface area contributed by atoms with E-state index >= 15 is 0 Å². The molecule has 0 atom stereocenters. The topological polar surface area (TPSA) is 104 Å². The molecule has 0 unspecified atom stereocenters. The SMILES string of the molecule is CCc1nn(C)c(C(=O)NCc2nncn2C)c1N. The molecule has 2 rings (SSSR count). The summed E-state index contributed by atoms with van der Waals surface area (Å²) in [7, 11) is 3.52. The van der Waals surface area contributed by atoms with Crippen LogP contribution in [0, 0.1) is 0 Å². The van der Waals surface area contributed by atoms with Crippen molar-refractivity contribution in [3.8, 4) is 0 Å². The van der Waals surface area contributed by atoms with Crippen LogP contribution in [-0.2, 0) is 27.1 Å². The zero-order valence-corrected chi connectivity index (χ0v) is 11.2. The molecule has 0 aliphatic heterocycles. The average molecular weight is 263 g/mol. The predicted molar refractivity (Wildman–Crippen MR) is 69.2 cm³/mol. The molecule has 2 aromatic rings. The maximum atomic E-state index is 12.1. The molecular weight excluding hydrogens is 246 g/mol. The number of nitrogen functional groups attached to an aromatic ring is 1. The lowest BCUT2D eigenvalue weighted by atomic mass is 10.2. The third-order valence-electron chi connectivity index (χ3n) is 2.92.